The predicted molar refractivity (Wildman–Crippen MR) is 132 cm³/mol. The number of aryl methyl sites for hydroxylation is 1. The summed E-state index contributed by atoms with van der Waals surface area (Å²) in [6, 6.07) is 14.7. The highest BCUT2D eigenvalue weighted by Crippen LogP contribution is 2.30. The fourth-order valence-corrected chi connectivity index (χ4v) is 4.06. The third-order valence-corrected chi connectivity index (χ3v) is 6.56. The lowest BCUT2D eigenvalue weighted by atomic mass is 10.1. The molecule has 2 aromatic rings. The molecule has 0 aromatic heterocycles. The fourth-order valence-electron chi connectivity index (χ4n) is 2.88. The minimum atomic E-state index is -3.32. The Balaban J connectivity index is 0.00000320. The molecule has 164 valence electrons. The number of nitrogens with one attached hydrogen (secondary N) is 2. The van der Waals surface area contributed by atoms with Crippen molar-refractivity contribution < 1.29 is 13.2 Å². The average Bonchev–Trinajstić information content (AvgIpc) is 3.55. The molecule has 0 atom stereocenters. The molecule has 3 rings (SSSR count). The molecule has 1 saturated carbocycles. The van der Waals surface area contributed by atoms with Gasteiger partial charge in [-0.05, 0) is 49.4 Å². The molecular formula is C22H30IN3O3S. The third-order valence-electron chi connectivity index (χ3n) is 4.83. The molecule has 0 aliphatic heterocycles. The maximum absolute atomic E-state index is 12.4. The quantitative estimate of drug-likeness (QED) is 0.288. The van der Waals surface area contributed by atoms with E-state index in [4.69, 9.17) is 4.74 Å². The zero-order chi connectivity index (χ0) is 20.7. The summed E-state index contributed by atoms with van der Waals surface area (Å²) >= 11 is 0. The van der Waals surface area contributed by atoms with Gasteiger partial charge in [0.2, 0.25) is 0 Å². The van der Waals surface area contributed by atoms with Gasteiger partial charge < -0.3 is 15.4 Å². The highest BCUT2D eigenvalue weighted by Gasteiger charge is 2.22. The summed E-state index contributed by atoms with van der Waals surface area (Å²) in [6.07, 6.45) is 2.50. The molecule has 0 saturated heterocycles. The summed E-state index contributed by atoms with van der Waals surface area (Å²) in [5.74, 6) is 2.14. The molecule has 2 aromatic carbocycles. The van der Waals surface area contributed by atoms with Crippen LogP contribution in [0, 0.1) is 12.8 Å². The first-order valence-corrected chi connectivity index (χ1v) is 11.6. The van der Waals surface area contributed by atoms with Crippen LogP contribution in [0.15, 0.2) is 58.4 Å². The standard InChI is InChI=1S/C22H29N3O3S.HI/c1-17-8-11-19(21(14-17)28-16-18-9-10-18)15-25-22(23-2)24-12-13-29(26,27)20-6-4-3-5-7-20;/h3-8,11,14,18H,9-10,12-13,15-16H2,1-2H3,(H2,23,24,25);1H. The molecule has 0 heterocycles. The largest absolute Gasteiger partial charge is 0.493 e. The van der Waals surface area contributed by atoms with Crippen molar-refractivity contribution in [2.45, 2.75) is 31.2 Å². The zero-order valence-electron chi connectivity index (χ0n) is 17.4. The number of hydrogen-bond acceptors (Lipinski definition) is 4. The van der Waals surface area contributed by atoms with Crippen LogP contribution < -0.4 is 15.4 Å². The van der Waals surface area contributed by atoms with E-state index in [0.29, 0.717) is 23.3 Å². The van der Waals surface area contributed by atoms with E-state index >= 15 is 0 Å². The van der Waals surface area contributed by atoms with Gasteiger partial charge in [-0.15, -0.1) is 24.0 Å². The van der Waals surface area contributed by atoms with E-state index in [2.05, 4.69) is 40.7 Å². The number of nitrogens with zero attached hydrogens (tertiary/aromatic N) is 1. The highest BCUT2D eigenvalue weighted by molar-refractivity contribution is 14.0. The van der Waals surface area contributed by atoms with Gasteiger partial charge in [0.15, 0.2) is 15.8 Å². The van der Waals surface area contributed by atoms with Crippen molar-refractivity contribution in [1.29, 1.82) is 0 Å². The van der Waals surface area contributed by atoms with Crippen molar-refractivity contribution in [1.82, 2.24) is 10.6 Å². The van der Waals surface area contributed by atoms with Crippen LogP contribution in [-0.2, 0) is 16.4 Å². The second kappa shape index (κ2) is 11.5. The molecule has 1 aliphatic rings. The molecule has 30 heavy (non-hydrogen) atoms. The lowest BCUT2D eigenvalue weighted by molar-refractivity contribution is 0.296. The first-order valence-electron chi connectivity index (χ1n) is 9.92. The third kappa shape index (κ3) is 7.46. The van der Waals surface area contributed by atoms with Gasteiger partial charge in [-0.2, -0.15) is 0 Å². The molecule has 1 fully saturated rings. The van der Waals surface area contributed by atoms with Crippen molar-refractivity contribution in [2.75, 3.05) is 26.0 Å². The van der Waals surface area contributed by atoms with Gasteiger partial charge in [-0.1, -0.05) is 30.3 Å². The lowest BCUT2D eigenvalue weighted by Gasteiger charge is -2.15. The molecule has 0 bridgehead atoms. The van der Waals surface area contributed by atoms with E-state index in [0.717, 1.165) is 23.5 Å². The molecule has 0 spiro atoms. The topological polar surface area (TPSA) is 79.8 Å². The molecule has 2 N–H and O–H groups in total. The van der Waals surface area contributed by atoms with E-state index in [1.54, 1.807) is 37.4 Å². The SMILES string of the molecule is CN=C(NCCS(=O)(=O)c1ccccc1)NCc1ccc(C)cc1OCC1CC1.I. The minimum absolute atomic E-state index is 0. The fraction of sp³-hybridized carbons (Fsp3) is 0.409. The van der Waals surface area contributed by atoms with Crippen molar-refractivity contribution in [3.05, 3.63) is 59.7 Å². The summed E-state index contributed by atoms with van der Waals surface area (Å²) in [7, 11) is -1.65. The monoisotopic (exact) mass is 543 g/mol. The number of benzene rings is 2. The average molecular weight is 543 g/mol. The van der Waals surface area contributed by atoms with Crippen molar-refractivity contribution in [3.63, 3.8) is 0 Å². The Hall–Kier alpha value is -1.81. The van der Waals surface area contributed by atoms with Crippen molar-refractivity contribution in [2.24, 2.45) is 10.9 Å². The van der Waals surface area contributed by atoms with Crippen LogP contribution in [0.5, 0.6) is 5.75 Å². The number of aliphatic imine (C=N–C) groups is 1. The minimum Gasteiger partial charge on any atom is -0.493 e. The van der Waals surface area contributed by atoms with Crippen molar-refractivity contribution in [3.8, 4) is 5.75 Å². The van der Waals surface area contributed by atoms with Crippen LogP contribution in [0.1, 0.15) is 24.0 Å². The van der Waals surface area contributed by atoms with E-state index in [-0.39, 0.29) is 36.3 Å². The molecular weight excluding hydrogens is 513 g/mol. The van der Waals surface area contributed by atoms with Crippen LogP contribution >= 0.6 is 24.0 Å². The number of ether oxygens (including phenoxy) is 1. The molecule has 8 heteroatoms. The number of halogens is 1. The van der Waals surface area contributed by atoms with Gasteiger partial charge >= 0.3 is 0 Å². The summed E-state index contributed by atoms with van der Waals surface area (Å²) in [5.41, 5.74) is 2.21. The number of rotatable bonds is 9. The van der Waals surface area contributed by atoms with Crippen LogP contribution in [0.4, 0.5) is 0 Å². The Kier molecular flexibility index (Phi) is 9.41. The molecule has 0 radical (unpaired) electrons. The Labute approximate surface area is 196 Å². The normalized spacial score (nSPS) is 14.0. The van der Waals surface area contributed by atoms with Crippen LogP contribution in [0.25, 0.3) is 0 Å². The van der Waals surface area contributed by atoms with Crippen LogP contribution in [0.3, 0.4) is 0 Å². The first-order chi connectivity index (χ1) is 14.0. The Bertz CT molecular complexity index is 945. The number of guanidine groups is 1. The van der Waals surface area contributed by atoms with Crippen LogP contribution in [0.2, 0.25) is 0 Å². The Morgan fingerprint density at radius 1 is 1.13 bits per heavy atom. The maximum Gasteiger partial charge on any atom is 0.191 e. The maximum atomic E-state index is 12.4. The van der Waals surface area contributed by atoms with E-state index < -0.39 is 9.84 Å². The van der Waals surface area contributed by atoms with Gasteiger partial charge in [0.05, 0.1) is 17.3 Å². The first kappa shape index (κ1) is 24.5. The van der Waals surface area contributed by atoms with E-state index in [9.17, 15) is 8.42 Å². The van der Waals surface area contributed by atoms with Crippen molar-refractivity contribution >= 4 is 39.8 Å². The Morgan fingerprint density at radius 2 is 1.87 bits per heavy atom. The van der Waals surface area contributed by atoms with E-state index in [1.807, 2.05) is 0 Å². The number of sulfone groups is 1. The van der Waals surface area contributed by atoms with Gasteiger partial charge in [-0.25, -0.2) is 8.42 Å². The summed E-state index contributed by atoms with van der Waals surface area (Å²) in [4.78, 5) is 4.52. The summed E-state index contributed by atoms with van der Waals surface area (Å²) in [5, 5.41) is 6.31. The lowest BCUT2D eigenvalue weighted by Crippen LogP contribution is -2.39. The zero-order valence-corrected chi connectivity index (χ0v) is 20.6. The molecule has 0 unspecified atom stereocenters. The second-order valence-corrected chi connectivity index (χ2v) is 9.46. The highest BCUT2D eigenvalue weighted by atomic mass is 127. The predicted octanol–water partition coefficient (Wildman–Crippen LogP) is 3.54. The van der Waals surface area contributed by atoms with Gasteiger partial charge in [0.25, 0.3) is 0 Å². The molecule has 1 aliphatic carbocycles. The summed E-state index contributed by atoms with van der Waals surface area (Å²) < 4.78 is 30.7. The van der Waals surface area contributed by atoms with Gasteiger partial charge in [-0.3, -0.25) is 4.99 Å². The summed E-state index contributed by atoms with van der Waals surface area (Å²) in [6.45, 7) is 3.64. The smallest absolute Gasteiger partial charge is 0.191 e. The van der Waals surface area contributed by atoms with Gasteiger partial charge in [0, 0.05) is 25.7 Å². The molecule has 6 nitrogen and oxygen atoms in total. The van der Waals surface area contributed by atoms with Gasteiger partial charge in [0.1, 0.15) is 5.75 Å². The Morgan fingerprint density at radius 3 is 2.53 bits per heavy atom. The number of hydrogen-bond donors (Lipinski definition) is 2. The van der Waals surface area contributed by atoms with Crippen LogP contribution in [-0.4, -0.2) is 40.3 Å². The van der Waals surface area contributed by atoms with E-state index in [1.165, 1.54) is 12.8 Å². The molecule has 0 amide bonds. The second-order valence-electron chi connectivity index (χ2n) is 7.35.